The molecule has 1 aromatic heterocycles. The van der Waals surface area contributed by atoms with Crippen molar-refractivity contribution in [1.29, 1.82) is 0 Å². The Labute approximate surface area is 170 Å². The van der Waals surface area contributed by atoms with E-state index in [4.69, 9.17) is 4.74 Å². The van der Waals surface area contributed by atoms with Gasteiger partial charge in [-0.1, -0.05) is 24.3 Å². The first-order valence-electron chi connectivity index (χ1n) is 8.60. The number of aromatic nitrogens is 1. The highest BCUT2D eigenvalue weighted by Gasteiger charge is 2.19. The summed E-state index contributed by atoms with van der Waals surface area (Å²) in [6.07, 6.45) is 2.97. The SMILES string of the molecule is COc1cc(/C=C/C(=O)N(c2ccccc2)c2nc(C)cs2)ccc1OC(F)F. The topological polar surface area (TPSA) is 51.7 Å². The maximum atomic E-state index is 12.9. The van der Waals surface area contributed by atoms with E-state index in [0.717, 1.165) is 5.69 Å². The van der Waals surface area contributed by atoms with E-state index in [1.165, 1.54) is 41.6 Å². The molecular formula is C21H18F2N2O3S. The summed E-state index contributed by atoms with van der Waals surface area (Å²) in [5.74, 6) is -0.220. The molecule has 0 radical (unpaired) electrons. The fraction of sp³-hybridized carbons (Fsp3) is 0.143. The Hall–Kier alpha value is -3.26. The van der Waals surface area contributed by atoms with E-state index in [9.17, 15) is 13.6 Å². The lowest BCUT2D eigenvalue weighted by Gasteiger charge is -2.18. The third-order valence-corrected chi connectivity index (χ3v) is 4.80. The Morgan fingerprint density at radius 1 is 1.17 bits per heavy atom. The molecule has 0 spiro atoms. The first-order valence-corrected chi connectivity index (χ1v) is 9.48. The molecule has 0 aliphatic heterocycles. The maximum absolute atomic E-state index is 12.9. The molecule has 3 aromatic rings. The molecule has 2 aromatic carbocycles. The van der Waals surface area contributed by atoms with Crippen molar-refractivity contribution in [1.82, 2.24) is 4.98 Å². The van der Waals surface area contributed by atoms with Crippen LogP contribution in [0, 0.1) is 6.92 Å². The molecule has 3 rings (SSSR count). The Morgan fingerprint density at radius 3 is 2.55 bits per heavy atom. The van der Waals surface area contributed by atoms with E-state index < -0.39 is 6.61 Å². The van der Waals surface area contributed by atoms with Crippen molar-refractivity contribution in [3.05, 3.63) is 71.2 Å². The van der Waals surface area contributed by atoms with E-state index in [-0.39, 0.29) is 17.4 Å². The quantitative estimate of drug-likeness (QED) is 0.481. The number of halogens is 2. The second-order valence-corrected chi connectivity index (χ2v) is 6.74. The predicted octanol–water partition coefficient (Wildman–Crippen LogP) is 5.44. The van der Waals surface area contributed by atoms with Gasteiger partial charge in [0.25, 0.3) is 5.91 Å². The number of rotatable bonds is 7. The molecule has 0 aliphatic carbocycles. The highest BCUT2D eigenvalue weighted by atomic mass is 32.1. The molecule has 1 heterocycles. The van der Waals surface area contributed by atoms with Gasteiger partial charge >= 0.3 is 6.61 Å². The fourth-order valence-electron chi connectivity index (χ4n) is 2.58. The molecule has 29 heavy (non-hydrogen) atoms. The van der Waals surface area contributed by atoms with Gasteiger partial charge in [-0.2, -0.15) is 8.78 Å². The third kappa shape index (κ3) is 5.17. The van der Waals surface area contributed by atoms with Crippen LogP contribution in [0.1, 0.15) is 11.3 Å². The molecule has 0 saturated carbocycles. The minimum absolute atomic E-state index is 0.0739. The van der Waals surface area contributed by atoms with E-state index in [0.29, 0.717) is 16.4 Å². The van der Waals surface area contributed by atoms with Gasteiger partial charge in [0.2, 0.25) is 0 Å². The number of benzene rings is 2. The average Bonchev–Trinajstić information content (AvgIpc) is 3.13. The molecule has 0 saturated heterocycles. The second-order valence-electron chi connectivity index (χ2n) is 5.90. The first kappa shape index (κ1) is 20.5. The van der Waals surface area contributed by atoms with Crippen LogP contribution < -0.4 is 14.4 Å². The van der Waals surface area contributed by atoms with Gasteiger partial charge in [-0.15, -0.1) is 11.3 Å². The van der Waals surface area contributed by atoms with Gasteiger partial charge in [0.15, 0.2) is 16.6 Å². The summed E-state index contributed by atoms with van der Waals surface area (Å²) in [5, 5.41) is 2.43. The molecule has 5 nitrogen and oxygen atoms in total. The molecule has 8 heteroatoms. The zero-order valence-corrected chi connectivity index (χ0v) is 16.5. The number of hydrogen-bond acceptors (Lipinski definition) is 5. The summed E-state index contributed by atoms with van der Waals surface area (Å²) in [6.45, 7) is -1.09. The smallest absolute Gasteiger partial charge is 0.387 e. The van der Waals surface area contributed by atoms with Crippen molar-refractivity contribution >= 4 is 34.1 Å². The zero-order valence-electron chi connectivity index (χ0n) is 15.7. The Kier molecular flexibility index (Phi) is 6.56. The van der Waals surface area contributed by atoms with Crippen molar-refractivity contribution in [2.75, 3.05) is 12.0 Å². The molecule has 150 valence electrons. The van der Waals surface area contributed by atoms with E-state index in [2.05, 4.69) is 9.72 Å². The van der Waals surface area contributed by atoms with Gasteiger partial charge in [0, 0.05) is 11.5 Å². The van der Waals surface area contributed by atoms with Crippen LogP contribution in [-0.2, 0) is 4.79 Å². The monoisotopic (exact) mass is 416 g/mol. The van der Waals surface area contributed by atoms with Crippen LogP contribution >= 0.6 is 11.3 Å². The van der Waals surface area contributed by atoms with Crippen LogP contribution in [0.25, 0.3) is 6.08 Å². The number of methoxy groups -OCH3 is 1. The number of ether oxygens (including phenoxy) is 2. The Bertz CT molecular complexity index is 1010. The number of anilines is 2. The number of nitrogens with zero attached hydrogens (tertiary/aromatic N) is 2. The van der Waals surface area contributed by atoms with Crippen molar-refractivity contribution < 1.29 is 23.0 Å². The first-order chi connectivity index (χ1) is 14.0. The number of amides is 1. The zero-order chi connectivity index (χ0) is 20.8. The molecule has 0 bridgehead atoms. The fourth-order valence-corrected chi connectivity index (χ4v) is 3.40. The van der Waals surface area contributed by atoms with Crippen LogP contribution in [0.2, 0.25) is 0 Å². The van der Waals surface area contributed by atoms with Gasteiger partial charge in [-0.3, -0.25) is 9.69 Å². The van der Waals surface area contributed by atoms with Gasteiger partial charge < -0.3 is 9.47 Å². The lowest BCUT2D eigenvalue weighted by Crippen LogP contribution is -2.23. The number of alkyl halides is 2. The van der Waals surface area contributed by atoms with Crippen LogP contribution in [0.15, 0.2) is 60.0 Å². The summed E-state index contributed by atoms with van der Waals surface area (Å²) in [6, 6.07) is 13.6. The number of hydrogen-bond donors (Lipinski definition) is 0. The van der Waals surface area contributed by atoms with E-state index in [1.807, 2.05) is 42.6 Å². The van der Waals surface area contributed by atoms with Gasteiger partial charge in [-0.05, 0) is 42.8 Å². The summed E-state index contributed by atoms with van der Waals surface area (Å²) >= 11 is 1.37. The molecule has 0 N–H and O–H groups in total. The molecule has 0 atom stereocenters. The highest BCUT2D eigenvalue weighted by Crippen LogP contribution is 2.31. The second kappa shape index (κ2) is 9.29. The third-order valence-electron chi connectivity index (χ3n) is 3.86. The average molecular weight is 416 g/mol. The van der Waals surface area contributed by atoms with E-state index in [1.54, 1.807) is 12.1 Å². The minimum atomic E-state index is -2.95. The Balaban J connectivity index is 1.87. The van der Waals surface area contributed by atoms with Crippen molar-refractivity contribution in [2.45, 2.75) is 13.5 Å². The highest BCUT2D eigenvalue weighted by molar-refractivity contribution is 7.14. The molecule has 0 fully saturated rings. The van der Waals surface area contributed by atoms with Gasteiger partial charge in [-0.25, -0.2) is 4.98 Å². The largest absolute Gasteiger partial charge is 0.493 e. The number of para-hydroxylation sites is 1. The van der Waals surface area contributed by atoms with Crippen molar-refractivity contribution in [3.8, 4) is 11.5 Å². The maximum Gasteiger partial charge on any atom is 0.387 e. The molecule has 1 amide bonds. The number of thiazole rings is 1. The molecular weight excluding hydrogens is 398 g/mol. The summed E-state index contributed by atoms with van der Waals surface area (Å²) < 4.78 is 34.4. The standard InChI is InChI=1S/C21H18F2N2O3S/c1-14-13-29-21(24-14)25(16-6-4-3-5-7-16)19(26)11-9-15-8-10-17(28-20(22)23)18(12-15)27-2/h3-13,20H,1-2H3/b11-9+. The lowest BCUT2D eigenvalue weighted by atomic mass is 10.2. The molecule has 0 aliphatic rings. The van der Waals surface area contributed by atoms with Crippen LogP contribution in [-0.4, -0.2) is 24.6 Å². The molecule has 0 unspecified atom stereocenters. The minimum Gasteiger partial charge on any atom is -0.493 e. The van der Waals surface area contributed by atoms with Gasteiger partial charge in [0.05, 0.1) is 18.5 Å². The van der Waals surface area contributed by atoms with Crippen molar-refractivity contribution in [3.63, 3.8) is 0 Å². The normalized spacial score (nSPS) is 11.1. The Morgan fingerprint density at radius 2 is 1.93 bits per heavy atom. The van der Waals surface area contributed by atoms with Crippen LogP contribution in [0.3, 0.4) is 0 Å². The van der Waals surface area contributed by atoms with E-state index >= 15 is 0 Å². The van der Waals surface area contributed by atoms with Crippen LogP contribution in [0.5, 0.6) is 11.5 Å². The summed E-state index contributed by atoms with van der Waals surface area (Å²) in [5.41, 5.74) is 2.11. The number of carbonyl (C=O) groups excluding carboxylic acids is 1. The lowest BCUT2D eigenvalue weighted by molar-refractivity contribution is -0.113. The van der Waals surface area contributed by atoms with Crippen LogP contribution in [0.4, 0.5) is 19.6 Å². The van der Waals surface area contributed by atoms with Gasteiger partial charge in [0.1, 0.15) is 0 Å². The number of carbonyl (C=O) groups is 1. The van der Waals surface area contributed by atoms with Crippen molar-refractivity contribution in [2.24, 2.45) is 0 Å². The summed E-state index contributed by atoms with van der Waals surface area (Å²) in [7, 11) is 1.36. The summed E-state index contributed by atoms with van der Waals surface area (Å²) in [4.78, 5) is 18.9. The predicted molar refractivity (Wildman–Crippen MR) is 109 cm³/mol. The number of aryl methyl sites for hydroxylation is 1.